The van der Waals surface area contributed by atoms with E-state index in [2.05, 4.69) is 35.0 Å². The molecule has 0 radical (unpaired) electrons. The van der Waals surface area contributed by atoms with E-state index in [-0.39, 0.29) is 17.1 Å². The topological polar surface area (TPSA) is 49.6 Å². The lowest BCUT2D eigenvalue weighted by Gasteiger charge is -2.15. The number of aromatic nitrogens is 2. The molecule has 5 nitrogen and oxygen atoms in total. The minimum absolute atomic E-state index is 0.198. The number of hydrogen-bond acceptors (Lipinski definition) is 4. The first-order valence-corrected chi connectivity index (χ1v) is 10.00. The Hall–Kier alpha value is -3.41. The van der Waals surface area contributed by atoms with Crippen LogP contribution >= 0.6 is 0 Å². The average Bonchev–Trinajstić information content (AvgIpc) is 3.57. The quantitative estimate of drug-likeness (QED) is 0.599. The van der Waals surface area contributed by atoms with E-state index in [0.29, 0.717) is 23.1 Å². The Morgan fingerprint density at radius 1 is 1.30 bits per heavy atom. The van der Waals surface area contributed by atoms with Gasteiger partial charge in [-0.25, -0.2) is 9.37 Å². The van der Waals surface area contributed by atoms with Crippen molar-refractivity contribution in [2.75, 3.05) is 12.4 Å². The van der Waals surface area contributed by atoms with Gasteiger partial charge in [-0.15, -0.1) is 0 Å². The lowest BCUT2D eigenvalue weighted by molar-refractivity contribution is 0.448. The molecule has 0 spiro atoms. The van der Waals surface area contributed by atoms with Crippen LogP contribution in [-0.2, 0) is 0 Å². The number of halogens is 1. The van der Waals surface area contributed by atoms with Gasteiger partial charge in [0, 0.05) is 31.0 Å². The molecule has 0 bridgehead atoms. The smallest absolute Gasteiger partial charge is 0.262 e. The number of pyridine rings is 1. The number of benzene rings is 1. The Kier molecular flexibility index (Phi) is 5.16. The van der Waals surface area contributed by atoms with Gasteiger partial charge in [0.25, 0.3) is 5.56 Å². The van der Waals surface area contributed by atoms with Crippen LogP contribution in [0.25, 0.3) is 11.2 Å². The molecule has 30 heavy (non-hydrogen) atoms. The normalized spacial score (nSPS) is 14.1. The highest BCUT2D eigenvalue weighted by Gasteiger charge is 2.24. The Morgan fingerprint density at radius 3 is 2.73 bits per heavy atom. The van der Waals surface area contributed by atoms with E-state index in [1.807, 2.05) is 19.1 Å². The zero-order chi connectivity index (χ0) is 21.4. The van der Waals surface area contributed by atoms with Crippen LogP contribution < -0.4 is 10.9 Å². The Labute approximate surface area is 175 Å². The second-order valence-corrected chi connectivity index (χ2v) is 7.83. The van der Waals surface area contributed by atoms with E-state index in [1.165, 1.54) is 23.3 Å². The molecule has 1 aliphatic carbocycles. The Morgan fingerprint density at radius 2 is 2.07 bits per heavy atom. The minimum atomic E-state index is -0.382. The van der Waals surface area contributed by atoms with Gasteiger partial charge in [0.2, 0.25) is 0 Å². The molecule has 4 rings (SSSR count). The summed E-state index contributed by atoms with van der Waals surface area (Å²) >= 11 is 0. The summed E-state index contributed by atoms with van der Waals surface area (Å²) in [6.07, 6.45) is 8.04. The zero-order valence-corrected chi connectivity index (χ0v) is 17.4. The van der Waals surface area contributed by atoms with E-state index in [0.717, 1.165) is 16.7 Å². The van der Waals surface area contributed by atoms with Crippen molar-refractivity contribution < 1.29 is 4.39 Å². The van der Waals surface area contributed by atoms with Crippen molar-refractivity contribution in [1.82, 2.24) is 14.3 Å². The molecule has 0 unspecified atom stereocenters. The van der Waals surface area contributed by atoms with E-state index < -0.39 is 0 Å². The van der Waals surface area contributed by atoms with Crippen LogP contribution in [0.3, 0.4) is 0 Å². The summed E-state index contributed by atoms with van der Waals surface area (Å²) in [5, 5.41) is 2.96. The van der Waals surface area contributed by atoms with Crippen molar-refractivity contribution in [1.29, 1.82) is 0 Å². The van der Waals surface area contributed by atoms with Crippen LogP contribution in [-0.4, -0.2) is 27.4 Å². The first kappa shape index (κ1) is 19.9. The third kappa shape index (κ3) is 3.85. The molecule has 0 saturated heterocycles. The number of nitrogens with one attached hydrogen (secondary N) is 1. The molecule has 1 saturated carbocycles. The van der Waals surface area contributed by atoms with Crippen LogP contribution in [0.15, 0.2) is 60.2 Å². The molecule has 2 heterocycles. The average molecular weight is 404 g/mol. The zero-order valence-electron chi connectivity index (χ0n) is 17.4. The van der Waals surface area contributed by atoms with Crippen LogP contribution in [0.4, 0.5) is 15.9 Å². The summed E-state index contributed by atoms with van der Waals surface area (Å²) in [6.45, 7) is 7.43. The highest BCUT2D eigenvalue weighted by atomic mass is 19.1. The number of nitrogens with zero attached hydrogens (tertiary/aromatic N) is 3. The molecule has 2 aromatic heterocycles. The number of fused-ring (bicyclic) bond motifs is 1. The molecule has 1 N–H and O–H groups in total. The van der Waals surface area contributed by atoms with E-state index in [1.54, 1.807) is 31.3 Å². The maximum Gasteiger partial charge on any atom is 0.262 e. The SMILES string of the molecule is C=C/C(=C\N(C)C1CC1)c1ccc2nc(Nc3ccc(C)cc3F)c(C)c(=O)n2c1. The fourth-order valence-electron chi connectivity index (χ4n) is 3.42. The van der Waals surface area contributed by atoms with Crippen molar-refractivity contribution in [2.45, 2.75) is 32.7 Å². The third-order valence-corrected chi connectivity index (χ3v) is 5.44. The molecule has 1 fully saturated rings. The van der Waals surface area contributed by atoms with Gasteiger partial charge in [-0.1, -0.05) is 18.7 Å². The Balaban J connectivity index is 1.73. The number of aryl methyl sites for hydroxylation is 1. The van der Waals surface area contributed by atoms with Gasteiger partial charge < -0.3 is 10.2 Å². The van der Waals surface area contributed by atoms with Crippen molar-refractivity contribution in [3.63, 3.8) is 0 Å². The lowest BCUT2D eigenvalue weighted by Crippen LogP contribution is -2.20. The molecule has 0 atom stereocenters. The molecule has 0 aliphatic heterocycles. The second-order valence-electron chi connectivity index (χ2n) is 7.83. The van der Waals surface area contributed by atoms with Gasteiger partial charge in [-0.05, 0) is 62.1 Å². The number of allylic oxidation sites excluding steroid dienone is 2. The first-order valence-electron chi connectivity index (χ1n) is 10.00. The summed E-state index contributed by atoms with van der Waals surface area (Å²) in [4.78, 5) is 19.8. The first-order chi connectivity index (χ1) is 14.4. The van der Waals surface area contributed by atoms with Gasteiger partial charge in [-0.3, -0.25) is 9.20 Å². The van der Waals surface area contributed by atoms with E-state index in [9.17, 15) is 9.18 Å². The van der Waals surface area contributed by atoms with E-state index in [4.69, 9.17) is 0 Å². The number of anilines is 2. The molecule has 1 aliphatic rings. The van der Waals surface area contributed by atoms with Crippen molar-refractivity contribution in [3.05, 3.63) is 88.2 Å². The molecule has 3 aromatic rings. The van der Waals surface area contributed by atoms with Crippen LogP contribution in [0.1, 0.15) is 29.5 Å². The Bertz CT molecular complexity index is 1220. The standard InChI is InChI=1S/C24H25FN4O/c1-5-17(13-28(4)19-8-9-19)18-7-11-22-27-23(16(3)24(30)29(22)14-18)26-21-10-6-15(2)12-20(21)25/h5-7,10-14,19,26H,1,8-9H2,2-4H3/b17-13+. The minimum Gasteiger partial charge on any atom is -0.377 e. The van der Waals surface area contributed by atoms with Gasteiger partial charge >= 0.3 is 0 Å². The molecule has 0 amide bonds. The van der Waals surface area contributed by atoms with Gasteiger partial charge in [0.1, 0.15) is 17.3 Å². The largest absolute Gasteiger partial charge is 0.377 e. The van der Waals surface area contributed by atoms with Crippen molar-refractivity contribution >= 4 is 22.7 Å². The predicted octanol–water partition coefficient (Wildman–Crippen LogP) is 4.82. The summed E-state index contributed by atoms with van der Waals surface area (Å²) in [6, 6.07) is 9.20. The summed E-state index contributed by atoms with van der Waals surface area (Å²) in [5.74, 6) is -0.0317. The maximum absolute atomic E-state index is 14.2. The lowest BCUT2D eigenvalue weighted by atomic mass is 10.1. The summed E-state index contributed by atoms with van der Waals surface area (Å²) < 4.78 is 15.8. The maximum atomic E-state index is 14.2. The second kappa shape index (κ2) is 7.78. The predicted molar refractivity (Wildman–Crippen MR) is 120 cm³/mol. The van der Waals surface area contributed by atoms with Crippen LogP contribution in [0.5, 0.6) is 0 Å². The molecular formula is C24H25FN4O. The molecule has 1 aromatic carbocycles. The van der Waals surface area contributed by atoms with Crippen molar-refractivity contribution in [2.24, 2.45) is 0 Å². The fourth-order valence-corrected chi connectivity index (χ4v) is 3.42. The fraction of sp³-hybridized carbons (Fsp3) is 0.250. The highest BCUT2D eigenvalue weighted by molar-refractivity contribution is 5.74. The molecular weight excluding hydrogens is 379 g/mol. The monoisotopic (exact) mass is 404 g/mol. The van der Waals surface area contributed by atoms with Gasteiger partial charge in [0.15, 0.2) is 0 Å². The highest BCUT2D eigenvalue weighted by Crippen LogP contribution is 2.28. The molecule has 154 valence electrons. The summed E-state index contributed by atoms with van der Waals surface area (Å²) in [5.41, 5.74) is 3.66. The summed E-state index contributed by atoms with van der Waals surface area (Å²) in [7, 11) is 2.06. The van der Waals surface area contributed by atoms with Crippen LogP contribution in [0, 0.1) is 19.7 Å². The van der Waals surface area contributed by atoms with E-state index >= 15 is 0 Å². The van der Waals surface area contributed by atoms with Gasteiger partial charge in [0.05, 0.1) is 11.3 Å². The third-order valence-electron chi connectivity index (χ3n) is 5.44. The van der Waals surface area contributed by atoms with Gasteiger partial charge in [-0.2, -0.15) is 0 Å². The van der Waals surface area contributed by atoms with Crippen LogP contribution in [0.2, 0.25) is 0 Å². The number of hydrogen-bond donors (Lipinski definition) is 1. The number of rotatable bonds is 6. The van der Waals surface area contributed by atoms with Crippen molar-refractivity contribution in [3.8, 4) is 0 Å². The molecule has 6 heteroatoms.